The molecule has 1 aromatic heterocycles. The molecule has 18 heavy (non-hydrogen) atoms. The van der Waals surface area contributed by atoms with Crippen LogP contribution in [0.25, 0.3) is 0 Å². The van der Waals surface area contributed by atoms with Gasteiger partial charge in [0.1, 0.15) is 22.5 Å². The monoisotopic (exact) mass is 268 g/mol. The molecular formula is C12H7ClF2N2O. The maximum atomic E-state index is 13.3. The van der Waals surface area contributed by atoms with Gasteiger partial charge in [0.25, 0.3) is 5.91 Å². The smallest absolute Gasteiger partial charge is 0.274 e. The van der Waals surface area contributed by atoms with Crippen molar-refractivity contribution in [2.45, 2.75) is 0 Å². The zero-order valence-electron chi connectivity index (χ0n) is 8.95. The molecule has 0 bridgehead atoms. The summed E-state index contributed by atoms with van der Waals surface area (Å²) in [6.07, 6.45) is 0. The summed E-state index contributed by atoms with van der Waals surface area (Å²) in [5, 5.41) is 2.43. The Morgan fingerprint density at radius 2 is 2.00 bits per heavy atom. The van der Waals surface area contributed by atoms with Crippen LogP contribution in [0, 0.1) is 11.6 Å². The minimum Gasteiger partial charge on any atom is -0.318 e. The highest BCUT2D eigenvalue weighted by atomic mass is 35.5. The second kappa shape index (κ2) is 5.10. The highest BCUT2D eigenvalue weighted by Crippen LogP contribution is 2.16. The van der Waals surface area contributed by atoms with Crippen LogP contribution in [0.5, 0.6) is 0 Å². The van der Waals surface area contributed by atoms with Gasteiger partial charge in [-0.3, -0.25) is 4.79 Å². The number of pyridine rings is 1. The Labute approximate surface area is 106 Å². The molecule has 0 aliphatic heterocycles. The zero-order chi connectivity index (χ0) is 13.1. The zero-order valence-corrected chi connectivity index (χ0v) is 9.71. The van der Waals surface area contributed by atoms with Crippen LogP contribution < -0.4 is 5.32 Å². The van der Waals surface area contributed by atoms with Crippen molar-refractivity contribution in [3.8, 4) is 0 Å². The van der Waals surface area contributed by atoms with Crippen molar-refractivity contribution in [1.29, 1.82) is 0 Å². The SMILES string of the molecule is O=C(Nc1ccc(F)cc1F)c1cccc(Cl)n1. The number of aromatic nitrogens is 1. The van der Waals surface area contributed by atoms with Crippen LogP contribution in [-0.2, 0) is 0 Å². The molecule has 0 unspecified atom stereocenters. The summed E-state index contributed by atoms with van der Waals surface area (Å²) in [4.78, 5) is 15.5. The van der Waals surface area contributed by atoms with E-state index in [0.717, 1.165) is 12.1 Å². The van der Waals surface area contributed by atoms with E-state index in [1.165, 1.54) is 12.1 Å². The van der Waals surface area contributed by atoms with Crippen LogP contribution in [-0.4, -0.2) is 10.9 Å². The fourth-order valence-corrected chi connectivity index (χ4v) is 1.48. The van der Waals surface area contributed by atoms with Gasteiger partial charge < -0.3 is 5.32 Å². The van der Waals surface area contributed by atoms with Gasteiger partial charge in [-0.2, -0.15) is 0 Å². The molecule has 3 nitrogen and oxygen atoms in total. The largest absolute Gasteiger partial charge is 0.318 e. The molecule has 92 valence electrons. The fourth-order valence-electron chi connectivity index (χ4n) is 1.31. The van der Waals surface area contributed by atoms with Gasteiger partial charge in [-0.1, -0.05) is 17.7 Å². The number of anilines is 1. The van der Waals surface area contributed by atoms with E-state index in [2.05, 4.69) is 10.3 Å². The van der Waals surface area contributed by atoms with Gasteiger partial charge in [0.05, 0.1) is 5.69 Å². The van der Waals surface area contributed by atoms with E-state index in [4.69, 9.17) is 11.6 Å². The van der Waals surface area contributed by atoms with E-state index in [-0.39, 0.29) is 16.5 Å². The van der Waals surface area contributed by atoms with Crippen LogP contribution in [0.3, 0.4) is 0 Å². The van der Waals surface area contributed by atoms with Gasteiger partial charge in [-0.05, 0) is 24.3 Å². The maximum Gasteiger partial charge on any atom is 0.274 e. The fraction of sp³-hybridized carbons (Fsp3) is 0. The summed E-state index contributed by atoms with van der Waals surface area (Å²) in [5.41, 5.74) is -0.0746. The lowest BCUT2D eigenvalue weighted by Crippen LogP contribution is -2.14. The number of carbonyl (C=O) groups excluding carboxylic acids is 1. The quantitative estimate of drug-likeness (QED) is 0.850. The predicted octanol–water partition coefficient (Wildman–Crippen LogP) is 3.27. The van der Waals surface area contributed by atoms with Gasteiger partial charge in [0, 0.05) is 6.07 Å². The molecule has 2 rings (SSSR count). The summed E-state index contributed by atoms with van der Waals surface area (Å²) in [6, 6.07) is 7.35. The highest BCUT2D eigenvalue weighted by molar-refractivity contribution is 6.29. The summed E-state index contributed by atoms with van der Waals surface area (Å²) in [6.45, 7) is 0. The number of nitrogens with one attached hydrogen (secondary N) is 1. The molecule has 1 N–H and O–H groups in total. The Balaban J connectivity index is 2.21. The van der Waals surface area contributed by atoms with Crippen LogP contribution in [0.15, 0.2) is 36.4 Å². The van der Waals surface area contributed by atoms with E-state index >= 15 is 0 Å². The topological polar surface area (TPSA) is 42.0 Å². The average molecular weight is 269 g/mol. The minimum absolute atomic E-state index is 0.0474. The summed E-state index contributed by atoms with van der Waals surface area (Å²) in [5.74, 6) is -2.19. The molecule has 0 radical (unpaired) electrons. The molecule has 1 heterocycles. The first-order valence-corrected chi connectivity index (χ1v) is 5.33. The van der Waals surface area contributed by atoms with Crippen molar-refractivity contribution in [1.82, 2.24) is 4.98 Å². The van der Waals surface area contributed by atoms with Crippen molar-refractivity contribution in [2.75, 3.05) is 5.32 Å². The lowest BCUT2D eigenvalue weighted by molar-refractivity contribution is 0.102. The Morgan fingerprint density at radius 3 is 2.67 bits per heavy atom. The molecule has 1 amide bonds. The van der Waals surface area contributed by atoms with Crippen molar-refractivity contribution >= 4 is 23.2 Å². The van der Waals surface area contributed by atoms with E-state index in [9.17, 15) is 13.6 Å². The Hall–Kier alpha value is -2.01. The number of halogens is 3. The Kier molecular flexibility index (Phi) is 3.53. The number of hydrogen-bond acceptors (Lipinski definition) is 2. The molecule has 0 spiro atoms. The lowest BCUT2D eigenvalue weighted by Gasteiger charge is -2.05. The lowest BCUT2D eigenvalue weighted by atomic mass is 10.2. The number of nitrogens with zero attached hydrogens (tertiary/aromatic N) is 1. The van der Waals surface area contributed by atoms with Crippen LogP contribution in [0.1, 0.15) is 10.5 Å². The first-order chi connectivity index (χ1) is 8.56. The Bertz CT molecular complexity index is 604. The third-order valence-corrected chi connectivity index (χ3v) is 2.34. The molecule has 0 aliphatic carbocycles. The molecule has 2 aromatic rings. The van der Waals surface area contributed by atoms with E-state index in [0.29, 0.717) is 6.07 Å². The summed E-state index contributed by atoms with van der Waals surface area (Å²) in [7, 11) is 0. The highest BCUT2D eigenvalue weighted by Gasteiger charge is 2.11. The van der Waals surface area contributed by atoms with E-state index in [1.807, 2.05) is 0 Å². The van der Waals surface area contributed by atoms with Gasteiger partial charge in [0.2, 0.25) is 0 Å². The van der Waals surface area contributed by atoms with Gasteiger partial charge in [0.15, 0.2) is 0 Å². The first-order valence-electron chi connectivity index (χ1n) is 4.95. The third-order valence-electron chi connectivity index (χ3n) is 2.13. The number of hydrogen-bond donors (Lipinski definition) is 1. The molecule has 0 atom stereocenters. The van der Waals surface area contributed by atoms with E-state index < -0.39 is 17.5 Å². The molecule has 0 aliphatic rings. The molecule has 0 saturated heterocycles. The van der Waals surface area contributed by atoms with Crippen molar-refractivity contribution < 1.29 is 13.6 Å². The standard InChI is InChI=1S/C12H7ClF2N2O/c13-11-3-1-2-10(16-11)12(18)17-9-5-4-7(14)6-8(9)15/h1-6H,(H,17,18). The first kappa shape index (κ1) is 12.4. The molecule has 0 fully saturated rings. The number of amides is 1. The van der Waals surface area contributed by atoms with E-state index in [1.54, 1.807) is 6.07 Å². The second-order valence-corrected chi connectivity index (χ2v) is 3.81. The second-order valence-electron chi connectivity index (χ2n) is 3.42. The van der Waals surface area contributed by atoms with Crippen LogP contribution in [0.2, 0.25) is 5.15 Å². The van der Waals surface area contributed by atoms with Crippen molar-refractivity contribution in [3.63, 3.8) is 0 Å². The molecule has 1 aromatic carbocycles. The number of benzene rings is 1. The summed E-state index contributed by atoms with van der Waals surface area (Å²) >= 11 is 5.63. The van der Waals surface area contributed by atoms with Gasteiger partial charge in [-0.25, -0.2) is 13.8 Å². The molecule has 6 heteroatoms. The van der Waals surface area contributed by atoms with Crippen molar-refractivity contribution in [2.24, 2.45) is 0 Å². The maximum absolute atomic E-state index is 13.3. The number of rotatable bonds is 2. The number of carbonyl (C=O) groups is 1. The van der Waals surface area contributed by atoms with Crippen molar-refractivity contribution in [3.05, 3.63) is 58.9 Å². The Morgan fingerprint density at radius 1 is 1.22 bits per heavy atom. The molecule has 0 saturated carbocycles. The van der Waals surface area contributed by atoms with Gasteiger partial charge in [-0.15, -0.1) is 0 Å². The third kappa shape index (κ3) is 2.81. The average Bonchev–Trinajstić information content (AvgIpc) is 2.32. The summed E-state index contributed by atoms with van der Waals surface area (Å²) < 4.78 is 26.0. The predicted molar refractivity (Wildman–Crippen MR) is 63.6 cm³/mol. The molecular weight excluding hydrogens is 262 g/mol. The minimum atomic E-state index is -0.856. The van der Waals surface area contributed by atoms with Crippen LogP contribution >= 0.6 is 11.6 Å². The van der Waals surface area contributed by atoms with Gasteiger partial charge >= 0.3 is 0 Å². The van der Waals surface area contributed by atoms with Crippen LogP contribution in [0.4, 0.5) is 14.5 Å². The normalized spacial score (nSPS) is 10.2.